The van der Waals surface area contributed by atoms with Crippen molar-refractivity contribution in [1.29, 1.82) is 0 Å². The maximum atomic E-state index is 13.2. The van der Waals surface area contributed by atoms with Crippen LogP contribution in [0, 0.1) is 5.82 Å². The van der Waals surface area contributed by atoms with Gasteiger partial charge in [-0.2, -0.15) is 0 Å². The van der Waals surface area contributed by atoms with Gasteiger partial charge in [-0.1, -0.05) is 15.9 Å². The summed E-state index contributed by atoms with van der Waals surface area (Å²) in [6, 6.07) is 3.25. The number of aromatic nitrogens is 2. The molecule has 0 N–H and O–H groups in total. The van der Waals surface area contributed by atoms with E-state index in [1.165, 1.54) is 6.07 Å². The van der Waals surface area contributed by atoms with Crippen LogP contribution in [0.2, 0.25) is 0 Å². The first-order valence-corrected chi connectivity index (χ1v) is 4.24. The van der Waals surface area contributed by atoms with Crippen molar-refractivity contribution in [1.82, 2.24) is 9.55 Å². The zero-order valence-electron chi connectivity index (χ0n) is 6.38. The van der Waals surface area contributed by atoms with E-state index in [9.17, 15) is 4.39 Å². The summed E-state index contributed by atoms with van der Waals surface area (Å²) in [6.07, 6.45) is 1.60. The van der Waals surface area contributed by atoms with Crippen LogP contribution in [0.25, 0.3) is 11.0 Å². The van der Waals surface area contributed by atoms with Crippen molar-refractivity contribution in [3.05, 3.63) is 28.7 Å². The van der Waals surface area contributed by atoms with Crippen LogP contribution in [0.1, 0.15) is 0 Å². The zero-order valence-corrected chi connectivity index (χ0v) is 7.97. The molecule has 4 heteroatoms. The number of hydrogen-bond acceptors (Lipinski definition) is 1. The van der Waals surface area contributed by atoms with Gasteiger partial charge in [0.25, 0.3) is 0 Å². The Hall–Kier alpha value is -0.900. The van der Waals surface area contributed by atoms with Gasteiger partial charge in [-0.15, -0.1) is 0 Å². The molecule has 2 nitrogen and oxygen atoms in total. The van der Waals surface area contributed by atoms with E-state index in [2.05, 4.69) is 20.9 Å². The monoisotopic (exact) mass is 228 g/mol. The molecule has 1 heterocycles. The lowest BCUT2D eigenvalue weighted by molar-refractivity contribution is 0.636. The van der Waals surface area contributed by atoms with Crippen molar-refractivity contribution >= 4 is 27.0 Å². The van der Waals surface area contributed by atoms with Gasteiger partial charge in [0, 0.05) is 11.5 Å². The maximum absolute atomic E-state index is 13.2. The zero-order chi connectivity index (χ0) is 8.72. The van der Waals surface area contributed by atoms with Crippen molar-refractivity contribution in [2.75, 3.05) is 0 Å². The van der Waals surface area contributed by atoms with E-state index in [4.69, 9.17) is 0 Å². The molecular formula is C8H6BrFN2. The van der Waals surface area contributed by atoms with Crippen LogP contribution < -0.4 is 0 Å². The van der Waals surface area contributed by atoms with Gasteiger partial charge in [-0.3, -0.25) is 0 Å². The van der Waals surface area contributed by atoms with Crippen molar-refractivity contribution in [2.45, 2.75) is 0 Å². The van der Waals surface area contributed by atoms with Gasteiger partial charge in [0.2, 0.25) is 0 Å². The fourth-order valence-electron chi connectivity index (χ4n) is 1.16. The molecule has 1 aromatic heterocycles. The lowest BCUT2D eigenvalue weighted by atomic mass is 10.3. The molecule has 0 aliphatic carbocycles. The Kier molecular flexibility index (Phi) is 1.65. The van der Waals surface area contributed by atoms with Crippen molar-refractivity contribution < 1.29 is 4.39 Å². The smallest absolute Gasteiger partial charge is 0.152 e. The molecule has 0 radical (unpaired) electrons. The van der Waals surface area contributed by atoms with Gasteiger partial charge in [0.1, 0.15) is 5.52 Å². The Labute approximate surface area is 77.1 Å². The second kappa shape index (κ2) is 2.55. The average molecular weight is 229 g/mol. The molecule has 62 valence electrons. The fourth-order valence-corrected chi connectivity index (χ4v) is 1.57. The number of rotatable bonds is 0. The van der Waals surface area contributed by atoms with Gasteiger partial charge in [-0.05, 0) is 12.1 Å². The summed E-state index contributed by atoms with van der Waals surface area (Å²) >= 11 is 3.22. The van der Waals surface area contributed by atoms with Crippen LogP contribution >= 0.6 is 15.9 Å². The van der Waals surface area contributed by atoms with Gasteiger partial charge in [0.05, 0.1) is 11.8 Å². The quantitative estimate of drug-likeness (QED) is 0.678. The van der Waals surface area contributed by atoms with E-state index < -0.39 is 0 Å². The molecule has 2 rings (SSSR count). The van der Waals surface area contributed by atoms with E-state index in [1.807, 2.05) is 13.1 Å². The van der Waals surface area contributed by atoms with Gasteiger partial charge >= 0.3 is 0 Å². The molecule has 0 spiro atoms. The minimum Gasteiger partial charge on any atom is -0.334 e. The summed E-state index contributed by atoms with van der Waals surface area (Å²) in [5.74, 6) is -0.292. The molecular weight excluding hydrogens is 223 g/mol. The largest absolute Gasteiger partial charge is 0.334 e. The third kappa shape index (κ3) is 1.03. The van der Waals surface area contributed by atoms with Gasteiger partial charge < -0.3 is 4.57 Å². The molecule has 0 aliphatic heterocycles. The van der Waals surface area contributed by atoms with Crippen LogP contribution in [0.15, 0.2) is 22.9 Å². The topological polar surface area (TPSA) is 17.8 Å². The van der Waals surface area contributed by atoms with Crippen molar-refractivity contribution in [3.63, 3.8) is 0 Å². The van der Waals surface area contributed by atoms with Crippen LogP contribution in [0.3, 0.4) is 0 Å². The highest BCUT2D eigenvalue weighted by Crippen LogP contribution is 2.21. The molecule has 0 saturated heterocycles. The first-order valence-electron chi connectivity index (χ1n) is 3.44. The maximum Gasteiger partial charge on any atom is 0.152 e. The first kappa shape index (κ1) is 7.73. The Morgan fingerprint density at radius 3 is 3.00 bits per heavy atom. The van der Waals surface area contributed by atoms with Crippen LogP contribution in [-0.2, 0) is 7.05 Å². The summed E-state index contributed by atoms with van der Waals surface area (Å²) in [6.45, 7) is 0. The lowest BCUT2D eigenvalue weighted by Crippen LogP contribution is -1.84. The second-order valence-corrected chi connectivity index (χ2v) is 3.53. The third-order valence-electron chi connectivity index (χ3n) is 1.75. The fraction of sp³-hybridized carbons (Fsp3) is 0.125. The van der Waals surface area contributed by atoms with Crippen molar-refractivity contribution in [3.8, 4) is 0 Å². The summed E-state index contributed by atoms with van der Waals surface area (Å²) < 4.78 is 15.7. The predicted molar refractivity (Wildman–Crippen MR) is 48.4 cm³/mol. The first-order chi connectivity index (χ1) is 5.68. The second-order valence-electron chi connectivity index (χ2n) is 2.61. The van der Waals surface area contributed by atoms with E-state index >= 15 is 0 Å². The molecule has 0 aliphatic rings. The number of hydrogen-bond donors (Lipinski definition) is 0. The normalized spacial score (nSPS) is 10.9. The molecule has 0 saturated carbocycles. The molecule has 0 atom stereocenters. The summed E-state index contributed by atoms with van der Waals surface area (Å²) in [4.78, 5) is 3.93. The van der Waals surface area contributed by atoms with E-state index in [-0.39, 0.29) is 5.82 Å². The molecule has 0 unspecified atom stereocenters. The standard InChI is InChI=1S/C8H6BrFN2/c1-12-4-11-8-6(10)2-5(9)3-7(8)12/h2-4H,1H3. The Balaban J connectivity index is 2.92. The number of halogens is 2. The minimum atomic E-state index is -0.292. The highest BCUT2D eigenvalue weighted by atomic mass is 79.9. The Bertz CT molecular complexity index is 436. The van der Waals surface area contributed by atoms with Crippen LogP contribution in [0.4, 0.5) is 4.39 Å². The van der Waals surface area contributed by atoms with E-state index in [0.717, 1.165) is 9.99 Å². The molecule has 0 amide bonds. The van der Waals surface area contributed by atoms with E-state index in [1.54, 1.807) is 10.9 Å². The number of nitrogens with zero attached hydrogens (tertiary/aromatic N) is 2. The van der Waals surface area contributed by atoms with Gasteiger partial charge in [0.15, 0.2) is 5.82 Å². The van der Waals surface area contributed by atoms with E-state index in [0.29, 0.717) is 5.52 Å². The molecule has 1 aromatic carbocycles. The third-order valence-corrected chi connectivity index (χ3v) is 2.21. The highest BCUT2D eigenvalue weighted by molar-refractivity contribution is 9.10. The summed E-state index contributed by atoms with van der Waals surface area (Å²) in [5, 5.41) is 0. The molecule has 2 aromatic rings. The molecule has 0 bridgehead atoms. The number of imidazole rings is 1. The summed E-state index contributed by atoms with van der Waals surface area (Å²) in [7, 11) is 1.83. The minimum absolute atomic E-state index is 0.292. The number of aryl methyl sites for hydroxylation is 1. The molecule has 12 heavy (non-hydrogen) atoms. The Morgan fingerprint density at radius 1 is 1.50 bits per heavy atom. The SMILES string of the molecule is Cn1cnc2c(F)cc(Br)cc21. The van der Waals surface area contributed by atoms with Crippen LogP contribution in [-0.4, -0.2) is 9.55 Å². The summed E-state index contributed by atoms with van der Waals surface area (Å²) in [5.41, 5.74) is 1.21. The Morgan fingerprint density at radius 2 is 2.25 bits per heavy atom. The predicted octanol–water partition coefficient (Wildman–Crippen LogP) is 2.47. The lowest BCUT2D eigenvalue weighted by Gasteiger charge is -1.95. The number of fused-ring (bicyclic) bond motifs is 1. The molecule has 0 fully saturated rings. The number of benzene rings is 1. The average Bonchev–Trinajstić information content (AvgIpc) is 2.33. The van der Waals surface area contributed by atoms with Crippen LogP contribution in [0.5, 0.6) is 0 Å². The highest BCUT2D eigenvalue weighted by Gasteiger charge is 2.05. The van der Waals surface area contributed by atoms with Gasteiger partial charge in [-0.25, -0.2) is 9.37 Å². The van der Waals surface area contributed by atoms with Crippen molar-refractivity contribution in [2.24, 2.45) is 7.05 Å².